The van der Waals surface area contributed by atoms with Crippen molar-refractivity contribution in [2.75, 3.05) is 34.5 Å². The molecule has 0 aliphatic carbocycles. The van der Waals surface area contributed by atoms with E-state index >= 15 is 0 Å². The minimum Gasteiger partial charge on any atom is -0.493 e. The number of methoxy groups -OCH3 is 3. The molecule has 0 spiro atoms. The minimum atomic E-state index is -0.551. The van der Waals surface area contributed by atoms with Crippen LogP contribution < -0.4 is 14.2 Å². The summed E-state index contributed by atoms with van der Waals surface area (Å²) in [5.41, 5.74) is 2.82. The Morgan fingerprint density at radius 2 is 1.82 bits per heavy atom. The zero-order chi connectivity index (χ0) is 24.7. The van der Waals surface area contributed by atoms with E-state index in [1.54, 1.807) is 44.3 Å². The van der Waals surface area contributed by atoms with Crippen LogP contribution in [0.1, 0.15) is 18.1 Å². The number of ether oxygens (including phenoxy) is 4. The van der Waals surface area contributed by atoms with Gasteiger partial charge in [-0.1, -0.05) is 30.9 Å². The fraction of sp³-hybridized carbons (Fsp3) is 0.259. The van der Waals surface area contributed by atoms with Crippen molar-refractivity contribution in [3.63, 3.8) is 0 Å². The van der Waals surface area contributed by atoms with Gasteiger partial charge < -0.3 is 23.8 Å². The molecule has 2 aromatic carbocycles. The topological polar surface area (TPSA) is 74.3 Å². The average molecular weight is 464 g/mol. The molecule has 34 heavy (non-hydrogen) atoms. The van der Waals surface area contributed by atoms with Gasteiger partial charge in [0.05, 0.1) is 32.5 Å². The average Bonchev–Trinajstić information content (AvgIpc) is 3.09. The van der Waals surface area contributed by atoms with Gasteiger partial charge in [-0.3, -0.25) is 4.79 Å². The van der Waals surface area contributed by atoms with Crippen LogP contribution in [-0.2, 0) is 20.7 Å². The lowest BCUT2D eigenvalue weighted by Crippen LogP contribution is -2.27. The first-order chi connectivity index (χ1) is 16.4. The molecule has 0 atom stereocenters. The van der Waals surface area contributed by atoms with E-state index in [-0.39, 0.29) is 17.1 Å². The number of hydrogen-bond acceptors (Lipinski definition) is 6. The van der Waals surface area contributed by atoms with Gasteiger partial charge in [-0.2, -0.15) is 0 Å². The monoisotopic (exact) mass is 463 g/mol. The summed E-state index contributed by atoms with van der Waals surface area (Å²) in [6.07, 6.45) is 3.91. The largest absolute Gasteiger partial charge is 0.493 e. The minimum absolute atomic E-state index is 0.254. The Hall–Kier alpha value is -4.00. The van der Waals surface area contributed by atoms with Gasteiger partial charge in [-0.05, 0) is 54.8 Å². The van der Waals surface area contributed by atoms with Crippen molar-refractivity contribution in [1.29, 1.82) is 0 Å². The predicted molar refractivity (Wildman–Crippen MR) is 130 cm³/mol. The quantitative estimate of drug-likeness (QED) is 0.299. The van der Waals surface area contributed by atoms with Gasteiger partial charge in [0.15, 0.2) is 11.5 Å². The van der Waals surface area contributed by atoms with Crippen molar-refractivity contribution in [1.82, 2.24) is 4.90 Å². The predicted octanol–water partition coefficient (Wildman–Crippen LogP) is 4.18. The molecule has 3 rings (SSSR count). The number of carbonyl (C=O) groups is 2. The molecule has 0 radical (unpaired) electrons. The molecule has 0 bridgehead atoms. The van der Waals surface area contributed by atoms with Crippen LogP contribution in [0.25, 0.3) is 6.08 Å². The van der Waals surface area contributed by atoms with Crippen LogP contribution in [0.3, 0.4) is 0 Å². The van der Waals surface area contributed by atoms with Crippen molar-refractivity contribution in [3.8, 4) is 17.2 Å². The van der Waals surface area contributed by atoms with Crippen molar-refractivity contribution in [3.05, 3.63) is 83.1 Å². The molecule has 0 N–H and O–H groups in total. The lowest BCUT2D eigenvalue weighted by Gasteiger charge is -2.18. The number of hydrogen-bond donors (Lipinski definition) is 0. The highest BCUT2D eigenvalue weighted by molar-refractivity contribution is 6.16. The highest BCUT2D eigenvalue weighted by Gasteiger charge is 2.36. The molecule has 1 aliphatic heterocycles. The van der Waals surface area contributed by atoms with Gasteiger partial charge in [0, 0.05) is 12.2 Å². The second-order valence-electron chi connectivity index (χ2n) is 7.58. The number of rotatable bonds is 10. The maximum atomic E-state index is 13.4. The maximum absolute atomic E-state index is 13.4. The molecule has 1 aliphatic rings. The summed E-state index contributed by atoms with van der Waals surface area (Å²) < 4.78 is 21.2. The number of amides is 1. The Labute approximate surface area is 199 Å². The fourth-order valence-corrected chi connectivity index (χ4v) is 3.79. The lowest BCUT2D eigenvalue weighted by atomic mass is 10.0. The molecule has 1 heterocycles. The summed E-state index contributed by atoms with van der Waals surface area (Å²) in [7, 11) is 4.47. The van der Waals surface area contributed by atoms with Gasteiger partial charge in [-0.25, -0.2) is 4.79 Å². The number of esters is 1. The van der Waals surface area contributed by atoms with Crippen LogP contribution in [0.4, 0.5) is 0 Å². The highest BCUT2D eigenvalue weighted by Crippen LogP contribution is 2.33. The Morgan fingerprint density at radius 1 is 1.06 bits per heavy atom. The van der Waals surface area contributed by atoms with E-state index in [9.17, 15) is 9.59 Å². The highest BCUT2D eigenvalue weighted by atomic mass is 16.5. The lowest BCUT2D eigenvalue weighted by molar-refractivity contribution is -0.136. The second kappa shape index (κ2) is 11.2. The van der Waals surface area contributed by atoms with E-state index in [1.807, 2.05) is 36.4 Å². The van der Waals surface area contributed by atoms with E-state index in [2.05, 4.69) is 6.58 Å². The summed E-state index contributed by atoms with van der Waals surface area (Å²) >= 11 is 0. The van der Waals surface area contributed by atoms with Crippen LogP contribution in [0, 0.1) is 0 Å². The van der Waals surface area contributed by atoms with E-state index < -0.39 is 5.97 Å². The van der Waals surface area contributed by atoms with Gasteiger partial charge in [0.2, 0.25) is 0 Å². The van der Waals surface area contributed by atoms with Crippen LogP contribution >= 0.6 is 0 Å². The molecule has 0 unspecified atom stereocenters. The normalized spacial score (nSPS) is 14.4. The molecule has 0 saturated carbocycles. The summed E-state index contributed by atoms with van der Waals surface area (Å²) in [4.78, 5) is 27.6. The molecule has 0 saturated heterocycles. The second-order valence-corrected chi connectivity index (χ2v) is 7.58. The van der Waals surface area contributed by atoms with Gasteiger partial charge in [0.25, 0.3) is 5.91 Å². The van der Waals surface area contributed by atoms with Crippen molar-refractivity contribution >= 4 is 18.0 Å². The first-order valence-corrected chi connectivity index (χ1v) is 10.8. The fourth-order valence-electron chi connectivity index (χ4n) is 3.79. The van der Waals surface area contributed by atoms with Crippen LogP contribution in [0.5, 0.6) is 17.2 Å². The Morgan fingerprint density at radius 3 is 2.50 bits per heavy atom. The SMILES string of the molecule is C=CCOc1cccc(/C=C2\C(=O)N(CCc3ccc(OC)c(OC)c3)C(C)=C2C(=O)OC)c1. The third-order valence-corrected chi connectivity index (χ3v) is 5.51. The Kier molecular flexibility index (Phi) is 8.14. The molecule has 1 amide bonds. The molecule has 7 heteroatoms. The van der Waals surface area contributed by atoms with Crippen LogP contribution in [0.2, 0.25) is 0 Å². The molecule has 0 aromatic heterocycles. The van der Waals surface area contributed by atoms with E-state index in [4.69, 9.17) is 18.9 Å². The van der Waals surface area contributed by atoms with Gasteiger partial charge in [-0.15, -0.1) is 0 Å². The summed E-state index contributed by atoms with van der Waals surface area (Å²) in [5.74, 6) is 1.09. The van der Waals surface area contributed by atoms with Crippen molar-refractivity contribution in [2.45, 2.75) is 13.3 Å². The Balaban J connectivity index is 1.89. The number of benzene rings is 2. The zero-order valence-corrected chi connectivity index (χ0v) is 19.9. The van der Waals surface area contributed by atoms with E-state index in [0.717, 1.165) is 11.1 Å². The van der Waals surface area contributed by atoms with Crippen LogP contribution in [-0.4, -0.2) is 51.3 Å². The first kappa shape index (κ1) is 24.6. The van der Waals surface area contributed by atoms with Crippen molar-refractivity contribution < 1.29 is 28.5 Å². The third-order valence-electron chi connectivity index (χ3n) is 5.51. The van der Waals surface area contributed by atoms with Gasteiger partial charge >= 0.3 is 5.97 Å². The number of nitrogens with zero attached hydrogens (tertiary/aromatic N) is 1. The Bertz CT molecular complexity index is 1150. The number of carbonyl (C=O) groups excluding carboxylic acids is 2. The first-order valence-electron chi connectivity index (χ1n) is 10.8. The summed E-state index contributed by atoms with van der Waals surface area (Å²) in [6, 6.07) is 12.9. The molecule has 0 fully saturated rings. The molecular formula is C27H29NO6. The third kappa shape index (κ3) is 5.31. The van der Waals surface area contributed by atoms with Gasteiger partial charge in [0.1, 0.15) is 12.4 Å². The van der Waals surface area contributed by atoms with E-state index in [1.165, 1.54) is 7.11 Å². The molecule has 178 valence electrons. The maximum Gasteiger partial charge on any atom is 0.340 e. The van der Waals surface area contributed by atoms with E-state index in [0.29, 0.717) is 42.5 Å². The smallest absolute Gasteiger partial charge is 0.340 e. The zero-order valence-electron chi connectivity index (χ0n) is 19.9. The summed E-state index contributed by atoms with van der Waals surface area (Å²) in [6.45, 7) is 6.16. The standard InChI is InChI=1S/C27H29NO6/c1-6-14-34-21-9-7-8-20(15-21)16-22-25(27(30)33-5)18(2)28(26(22)29)13-12-19-10-11-23(31-3)24(17-19)32-4/h6-11,15-17H,1,12-14H2,2-5H3/b22-16-. The van der Waals surface area contributed by atoms with Crippen molar-refractivity contribution in [2.24, 2.45) is 0 Å². The molecule has 7 nitrogen and oxygen atoms in total. The summed E-state index contributed by atoms with van der Waals surface area (Å²) in [5, 5.41) is 0. The van der Waals surface area contributed by atoms with Crippen LogP contribution in [0.15, 0.2) is 72.0 Å². The molecular weight excluding hydrogens is 434 g/mol. The molecule has 2 aromatic rings. The number of allylic oxidation sites excluding steroid dienone is 1.